The van der Waals surface area contributed by atoms with E-state index >= 15 is 0 Å². The zero-order valence-electron chi connectivity index (χ0n) is 17.1. The summed E-state index contributed by atoms with van der Waals surface area (Å²) in [7, 11) is 1.55. The first kappa shape index (κ1) is 18.6. The largest absolute Gasteiger partial charge is 0.338 e. The molecule has 1 fully saturated rings. The van der Waals surface area contributed by atoms with Crippen molar-refractivity contribution in [3.63, 3.8) is 0 Å². The molecule has 1 aromatic heterocycles. The summed E-state index contributed by atoms with van der Waals surface area (Å²) < 4.78 is 2.24. The fourth-order valence-corrected chi connectivity index (χ4v) is 4.71. The fourth-order valence-electron chi connectivity index (χ4n) is 4.71. The van der Waals surface area contributed by atoms with E-state index in [1.54, 1.807) is 11.9 Å². The lowest BCUT2D eigenvalue weighted by Crippen LogP contribution is -2.40. The monoisotopic (exact) mass is 401 g/mol. The van der Waals surface area contributed by atoms with Crippen molar-refractivity contribution in [1.29, 1.82) is 0 Å². The minimum atomic E-state index is -0.409. The normalized spacial score (nSPS) is 18.1. The van der Waals surface area contributed by atoms with Gasteiger partial charge in [-0.05, 0) is 17.2 Å². The molecule has 1 unspecified atom stereocenters. The molecule has 30 heavy (non-hydrogen) atoms. The predicted molar refractivity (Wildman–Crippen MR) is 113 cm³/mol. The number of hydrogen-bond donors (Lipinski definition) is 0. The minimum Gasteiger partial charge on any atom is -0.338 e. The van der Waals surface area contributed by atoms with Gasteiger partial charge in [-0.25, -0.2) is 4.79 Å². The standard InChI is InChI=1S/C24H23N3O3/c1-3-22(28)16-10-8-15(9-11-16)13-26-19-7-5-4-6-17(19)18-12-20-23(29)25(2)24(30)27(20)14-21(18)26/h4-11,20H,3,12-14H2,1-2H3. The van der Waals surface area contributed by atoms with E-state index in [1.165, 1.54) is 4.90 Å². The lowest BCUT2D eigenvalue weighted by atomic mass is 9.97. The molecule has 0 radical (unpaired) electrons. The average Bonchev–Trinajstić information content (AvgIpc) is 3.20. The Labute approximate surface area is 174 Å². The molecule has 6 nitrogen and oxygen atoms in total. The van der Waals surface area contributed by atoms with Crippen molar-refractivity contribution in [2.24, 2.45) is 0 Å². The van der Waals surface area contributed by atoms with Gasteiger partial charge in [-0.15, -0.1) is 0 Å². The Kier molecular flexibility index (Phi) is 4.24. The summed E-state index contributed by atoms with van der Waals surface area (Å²) in [6.45, 7) is 2.94. The third-order valence-electron chi connectivity index (χ3n) is 6.37. The van der Waals surface area contributed by atoms with Crippen LogP contribution in [0.4, 0.5) is 4.79 Å². The van der Waals surface area contributed by atoms with Crippen molar-refractivity contribution >= 4 is 28.6 Å². The molecule has 2 aromatic carbocycles. The fraction of sp³-hybridized carbons (Fsp3) is 0.292. The first-order valence-electron chi connectivity index (χ1n) is 10.3. The van der Waals surface area contributed by atoms with Gasteiger partial charge in [0.2, 0.25) is 0 Å². The summed E-state index contributed by atoms with van der Waals surface area (Å²) in [4.78, 5) is 39.9. The van der Waals surface area contributed by atoms with E-state index in [0.717, 1.165) is 33.3 Å². The third kappa shape index (κ3) is 2.67. The number of benzene rings is 2. The van der Waals surface area contributed by atoms with E-state index in [2.05, 4.69) is 16.7 Å². The van der Waals surface area contributed by atoms with Crippen molar-refractivity contribution in [3.05, 3.63) is 70.9 Å². The molecule has 1 saturated heterocycles. The van der Waals surface area contributed by atoms with Gasteiger partial charge >= 0.3 is 6.03 Å². The zero-order valence-corrected chi connectivity index (χ0v) is 17.1. The smallest absolute Gasteiger partial charge is 0.327 e. The van der Waals surface area contributed by atoms with Crippen LogP contribution in [0.2, 0.25) is 0 Å². The van der Waals surface area contributed by atoms with Crippen molar-refractivity contribution in [2.75, 3.05) is 7.05 Å². The number of likely N-dealkylation sites (N-methyl/N-ethyl adjacent to an activating group) is 1. The van der Waals surface area contributed by atoms with Crippen molar-refractivity contribution in [1.82, 2.24) is 14.4 Å². The van der Waals surface area contributed by atoms with Gasteiger partial charge in [-0.3, -0.25) is 14.5 Å². The maximum atomic E-state index is 12.6. The van der Waals surface area contributed by atoms with Crippen LogP contribution >= 0.6 is 0 Å². The van der Waals surface area contributed by atoms with Crippen LogP contribution in [-0.4, -0.2) is 45.2 Å². The Morgan fingerprint density at radius 3 is 2.53 bits per heavy atom. The Balaban J connectivity index is 1.57. The van der Waals surface area contributed by atoms with Crippen LogP contribution in [0.25, 0.3) is 10.9 Å². The average molecular weight is 401 g/mol. The van der Waals surface area contributed by atoms with Gasteiger partial charge in [0, 0.05) is 48.6 Å². The highest BCUT2D eigenvalue weighted by Gasteiger charge is 2.46. The maximum Gasteiger partial charge on any atom is 0.327 e. The highest BCUT2D eigenvalue weighted by atomic mass is 16.2. The molecule has 5 rings (SSSR count). The van der Waals surface area contributed by atoms with Gasteiger partial charge in [-0.1, -0.05) is 49.4 Å². The molecule has 1 atom stereocenters. The van der Waals surface area contributed by atoms with E-state index in [1.807, 2.05) is 43.3 Å². The number of urea groups is 1. The molecule has 0 saturated carbocycles. The molecular weight excluding hydrogens is 378 g/mol. The lowest BCUT2D eigenvalue weighted by Gasteiger charge is -2.28. The van der Waals surface area contributed by atoms with Gasteiger partial charge in [0.1, 0.15) is 6.04 Å². The highest BCUT2D eigenvalue weighted by Crippen LogP contribution is 2.36. The van der Waals surface area contributed by atoms with E-state index < -0.39 is 6.04 Å². The number of para-hydroxylation sites is 1. The molecular formula is C24H23N3O3. The number of rotatable bonds is 4. The lowest BCUT2D eigenvalue weighted by molar-refractivity contribution is -0.127. The van der Waals surface area contributed by atoms with Gasteiger partial charge in [0.05, 0.1) is 6.54 Å². The SMILES string of the molecule is CCC(=O)c1ccc(Cn2c3c(c4ccccc42)CC2C(=O)N(C)C(=O)N2C3)cc1. The molecule has 0 spiro atoms. The number of imide groups is 1. The molecule has 0 N–H and O–H groups in total. The van der Waals surface area contributed by atoms with E-state index in [0.29, 0.717) is 25.9 Å². The second-order valence-electron chi connectivity index (χ2n) is 8.03. The molecule has 2 aliphatic heterocycles. The summed E-state index contributed by atoms with van der Waals surface area (Å²) in [5, 5.41) is 1.14. The number of fused-ring (bicyclic) bond motifs is 4. The van der Waals surface area contributed by atoms with Gasteiger partial charge in [-0.2, -0.15) is 0 Å². The van der Waals surface area contributed by atoms with E-state index in [9.17, 15) is 14.4 Å². The first-order valence-corrected chi connectivity index (χ1v) is 10.3. The molecule has 3 heterocycles. The minimum absolute atomic E-state index is 0.126. The first-order chi connectivity index (χ1) is 14.5. The third-order valence-corrected chi connectivity index (χ3v) is 6.37. The van der Waals surface area contributed by atoms with Gasteiger partial charge in [0.25, 0.3) is 5.91 Å². The van der Waals surface area contributed by atoms with Gasteiger partial charge in [0.15, 0.2) is 5.78 Å². The Hall–Kier alpha value is -3.41. The predicted octanol–water partition coefficient (Wildman–Crippen LogP) is 3.60. The topological polar surface area (TPSA) is 62.6 Å². The van der Waals surface area contributed by atoms with E-state index in [-0.39, 0.29) is 17.7 Å². The molecule has 3 aromatic rings. The Morgan fingerprint density at radius 1 is 1.07 bits per heavy atom. The number of carbonyl (C=O) groups is 3. The number of nitrogens with zero attached hydrogens (tertiary/aromatic N) is 3. The molecule has 6 heteroatoms. The Morgan fingerprint density at radius 2 is 1.80 bits per heavy atom. The van der Waals surface area contributed by atoms with Crippen LogP contribution < -0.4 is 0 Å². The van der Waals surface area contributed by atoms with Crippen molar-refractivity contribution < 1.29 is 14.4 Å². The molecule has 3 amide bonds. The van der Waals surface area contributed by atoms with E-state index in [4.69, 9.17) is 0 Å². The summed E-state index contributed by atoms with van der Waals surface area (Å²) in [5.41, 5.74) is 5.16. The van der Waals surface area contributed by atoms with Crippen LogP contribution in [0.5, 0.6) is 0 Å². The van der Waals surface area contributed by atoms with Crippen LogP contribution in [0.1, 0.15) is 40.5 Å². The molecule has 2 aliphatic rings. The van der Waals surface area contributed by atoms with Crippen LogP contribution in [0.15, 0.2) is 48.5 Å². The number of Topliss-reactive ketones (excluding diaryl/α,β-unsaturated/α-hetero) is 1. The quantitative estimate of drug-likeness (QED) is 0.496. The molecule has 0 bridgehead atoms. The van der Waals surface area contributed by atoms with Crippen LogP contribution in [0.3, 0.4) is 0 Å². The Bertz CT molecular complexity index is 1190. The van der Waals surface area contributed by atoms with Crippen LogP contribution in [-0.2, 0) is 24.3 Å². The number of aromatic nitrogens is 1. The number of carbonyl (C=O) groups excluding carboxylic acids is 3. The van der Waals surface area contributed by atoms with Crippen molar-refractivity contribution in [2.45, 2.75) is 38.9 Å². The maximum absolute atomic E-state index is 12.6. The molecule has 152 valence electrons. The highest BCUT2D eigenvalue weighted by molar-refractivity contribution is 6.05. The summed E-state index contributed by atoms with van der Waals surface area (Å²) >= 11 is 0. The zero-order chi connectivity index (χ0) is 21.0. The number of ketones is 1. The summed E-state index contributed by atoms with van der Waals surface area (Å²) in [5.74, 6) is 0.0105. The van der Waals surface area contributed by atoms with Gasteiger partial charge < -0.3 is 9.47 Å². The van der Waals surface area contributed by atoms with Crippen LogP contribution in [0, 0.1) is 0 Å². The summed E-state index contributed by atoms with van der Waals surface area (Å²) in [6, 6.07) is 15.3. The van der Waals surface area contributed by atoms with Crippen molar-refractivity contribution in [3.8, 4) is 0 Å². The number of hydrogen-bond acceptors (Lipinski definition) is 3. The second-order valence-corrected chi connectivity index (χ2v) is 8.03. The second kappa shape index (κ2) is 6.83. The number of amides is 3. The molecule has 0 aliphatic carbocycles. The summed E-state index contributed by atoms with van der Waals surface area (Å²) in [6.07, 6.45) is 1.04.